The number of phosphoric ester groups is 1. The predicted molar refractivity (Wildman–Crippen MR) is 231 cm³/mol. The normalized spacial score (nSPS) is 14.3. The van der Waals surface area contributed by atoms with Gasteiger partial charge in [0.05, 0.1) is 13.2 Å². The monoisotopic (exact) mass is 824 g/mol. The molecular weight excluding hydrogens is 745 g/mol. The van der Waals surface area contributed by atoms with E-state index in [2.05, 4.69) is 79.9 Å². The molecule has 1 amide bonds. The Morgan fingerprint density at radius 1 is 0.579 bits per heavy atom. The first-order chi connectivity index (χ1) is 27.6. The molecule has 0 aromatic heterocycles. The second-order valence-electron chi connectivity index (χ2n) is 14.5. The van der Waals surface area contributed by atoms with Crippen LogP contribution in [0, 0.1) is 0 Å². The van der Waals surface area contributed by atoms with Crippen molar-refractivity contribution in [2.45, 2.75) is 187 Å². The highest BCUT2D eigenvalue weighted by Crippen LogP contribution is 2.43. The van der Waals surface area contributed by atoms with E-state index in [-0.39, 0.29) is 12.8 Å². The van der Waals surface area contributed by atoms with Gasteiger partial charge in [0, 0.05) is 12.8 Å². The number of aliphatic hydroxyl groups excluding tert-OH is 1. The Hall–Kier alpha value is -2.82. The summed E-state index contributed by atoms with van der Waals surface area (Å²) in [6, 6.07) is -1.56. The zero-order valence-electron chi connectivity index (χ0n) is 35.4. The maximum absolute atomic E-state index is 12.3. The van der Waals surface area contributed by atoms with Crippen LogP contribution in [-0.2, 0) is 32.7 Å². The largest absolute Gasteiger partial charge is 0.480 e. The first-order valence-corrected chi connectivity index (χ1v) is 23.3. The van der Waals surface area contributed by atoms with Crippen LogP contribution >= 0.6 is 7.82 Å². The Morgan fingerprint density at radius 2 is 1.02 bits per heavy atom. The first kappa shape index (κ1) is 54.2. The van der Waals surface area contributed by atoms with Crippen molar-refractivity contribution >= 4 is 25.7 Å². The Balaban J connectivity index is 3.97. The molecule has 0 aliphatic carbocycles. The average molecular weight is 824 g/mol. The second-order valence-corrected chi connectivity index (χ2v) is 16.0. The Bertz CT molecular complexity index is 1200. The molecule has 0 aromatic carbocycles. The smallest absolute Gasteiger partial charge is 0.472 e. The van der Waals surface area contributed by atoms with Crippen LogP contribution in [0.4, 0.5) is 0 Å². The topological polar surface area (TPSA) is 169 Å². The summed E-state index contributed by atoms with van der Waals surface area (Å²) in [4.78, 5) is 45.9. The number of hydrogen-bond donors (Lipinski definition) is 4. The van der Waals surface area contributed by atoms with Crippen LogP contribution in [0.3, 0.4) is 0 Å². The van der Waals surface area contributed by atoms with E-state index in [9.17, 15) is 34.1 Å². The molecule has 328 valence electrons. The number of phosphoric acid groups is 1. The van der Waals surface area contributed by atoms with E-state index in [4.69, 9.17) is 13.8 Å². The summed E-state index contributed by atoms with van der Waals surface area (Å²) in [5.41, 5.74) is 0. The average Bonchev–Trinajstić information content (AvgIpc) is 3.18. The van der Waals surface area contributed by atoms with Gasteiger partial charge in [-0.1, -0.05) is 145 Å². The minimum atomic E-state index is -4.77. The van der Waals surface area contributed by atoms with Crippen molar-refractivity contribution < 1.29 is 47.8 Å². The van der Waals surface area contributed by atoms with Gasteiger partial charge in [-0.25, -0.2) is 9.36 Å². The van der Waals surface area contributed by atoms with E-state index in [1.165, 1.54) is 64.2 Å². The lowest BCUT2D eigenvalue weighted by molar-refractivity contribution is -0.147. The van der Waals surface area contributed by atoms with E-state index in [0.717, 1.165) is 70.6 Å². The lowest BCUT2D eigenvalue weighted by Gasteiger charge is -2.18. The minimum absolute atomic E-state index is 0.136. The van der Waals surface area contributed by atoms with Gasteiger partial charge in [-0.05, 0) is 77.0 Å². The molecule has 0 aromatic rings. The Labute approximate surface area is 345 Å². The van der Waals surface area contributed by atoms with E-state index < -0.39 is 57.6 Å². The van der Waals surface area contributed by atoms with Gasteiger partial charge in [-0.2, -0.15) is 0 Å². The minimum Gasteiger partial charge on any atom is -0.480 e. The van der Waals surface area contributed by atoms with E-state index in [0.29, 0.717) is 12.8 Å². The van der Waals surface area contributed by atoms with Gasteiger partial charge in [0.25, 0.3) is 0 Å². The van der Waals surface area contributed by atoms with Gasteiger partial charge >= 0.3 is 19.8 Å². The predicted octanol–water partition coefficient (Wildman–Crippen LogP) is 11.2. The summed E-state index contributed by atoms with van der Waals surface area (Å²) in [6.45, 7) is 2.42. The summed E-state index contributed by atoms with van der Waals surface area (Å²) in [6.07, 6.45) is 45.3. The van der Waals surface area contributed by atoms with Crippen LogP contribution in [0.25, 0.3) is 0 Å². The fraction of sp³-hybridized carbons (Fsp3) is 0.711. The summed E-state index contributed by atoms with van der Waals surface area (Å²) in [5.74, 6) is -2.43. The molecule has 4 N–H and O–H groups in total. The van der Waals surface area contributed by atoms with Crippen LogP contribution in [0.2, 0.25) is 0 Å². The third kappa shape index (κ3) is 39.8. The molecule has 0 heterocycles. The lowest BCUT2D eigenvalue weighted by atomic mass is 10.1. The molecule has 57 heavy (non-hydrogen) atoms. The zero-order valence-corrected chi connectivity index (χ0v) is 36.3. The highest BCUT2D eigenvalue weighted by atomic mass is 31.2. The number of aliphatic hydroxyl groups is 1. The molecule has 11 nitrogen and oxygen atoms in total. The third-order valence-corrected chi connectivity index (χ3v) is 9.99. The Morgan fingerprint density at radius 3 is 1.56 bits per heavy atom. The van der Waals surface area contributed by atoms with Crippen LogP contribution in [0.1, 0.15) is 174 Å². The SMILES string of the molecule is CC/C=C\C/C=C\C/C=C\C/C=C\CCCCC(=O)OCC(O)COP(=O)(O)OCC(NC(=O)CCCCCCCCC/C=C\CCCCCCCCC)C(=O)O. The molecule has 0 saturated carbocycles. The molecule has 0 saturated heterocycles. The highest BCUT2D eigenvalue weighted by Gasteiger charge is 2.28. The molecule has 0 rings (SSSR count). The number of ether oxygens (including phenoxy) is 1. The number of hydrogen-bond acceptors (Lipinski definition) is 8. The molecule has 0 radical (unpaired) electrons. The molecule has 0 aliphatic heterocycles. The molecule has 12 heteroatoms. The van der Waals surface area contributed by atoms with Crippen molar-refractivity contribution in [3.63, 3.8) is 0 Å². The van der Waals surface area contributed by atoms with Gasteiger partial charge < -0.3 is 25.2 Å². The van der Waals surface area contributed by atoms with Crippen molar-refractivity contribution in [2.75, 3.05) is 19.8 Å². The summed E-state index contributed by atoms with van der Waals surface area (Å²) < 4.78 is 26.8. The number of rotatable bonds is 40. The van der Waals surface area contributed by atoms with E-state index in [1.807, 2.05) is 0 Å². The van der Waals surface area contributed by atoms with Gasteiger partial charge in [-0.3, -0.25) is 18.6 Å². The van der Waals surface area contributed by atoms with Gasteiger partial charge in [-0.15, -0.1) is 0 Å². The number of aliphatic carboxylic acids is 1. The summed E-state index contributed by atoms with van der Waals surface area (Å²) >= 11 is 0. The maximum atomic E-state index is 12.3. The van der Waals surface area contributed by atoms with Crippen LogP contribution in [0.5, 0.6) is 0 Å². The number of nitrogens with one attached hydrogen (secondary N) is 1. The number of allylic oxidation sites excluding steroid dienone is 10. The fourth-order valence-corrected chi connectivity index (χ4v) is 6.43. The standard InChI is InChI=1S/C45H78NO10P/c1-3-5-7-9-11-13-15-17-19-20-21-23-24-26-28-30-32-34-36-43(48)46-42(45(50)51)40-56-57(52,53)55-39-41(47)38-54-44(49)37-35-33-31-29-27-25-22-18-16-14-12-10-8-6-4-2/h6,8,12,14,18-20,22,27,29,41-42,47H,3-5,7,9-11,13,15-17,21,23-26,28,30-40H2,1-2H3,(H,46,48)(H,50,51)(H,52,53)/b8-6-,14-12-,20-19-,22-18-,29-27-. The van der Waals surface area contributed by atoms with Gasteiger partial charge in [0.1, 0.15) is 12.7 Å². The van der Waals surface area contributed by atoms with Gasteiger partial charge in [0.2, 0.25) is 5.91 Å². The Kier molecular flexibility index (Phi) is 38.0. The fourth-order valence-electron chi connectivity index (χ4n) is 5.65. The molecule has 3 atom stereocenters. The number of carbonyl (C=O) groups is 3. The molecule has 0 bridgehead atoms. The number of unbranched alkanes of at least 4 members (excludes halogenated alkanes) is 16. The van der Waals surface area contributed by atoms with E-state index >= 15 is 0 Å². The molecular formula is C45H78NO10P. The van der Waals surface area contributed by atoms with Crippen molar-refractivity contribution in [1.82, 2.24) is 5.32 Å². The number of carboxylic acids is 1. The molecule has 0 fully saturated rings. The summed E-state index contributed by atoms with van der Waals surface area (Å²) in [7, 11) is -4.77. The number of amides is 1. The first-order valence-electron chi connectivity index (χ1n) is 21.8. The molecule has 3 unspecified atom stereocenters. The van der Waals surface area contributed by atoms with Crippen LogP contribution in [-0.4, -0.2) is 64.9 Å². The van der Waals surface area contributed by atoms with Crippen molar-refractivity contribution in [3.8, 4) is 0 Å². The third-order valence-electron chi connectivity index (χ3n) is 9.04. The molecule has 0 spiro atoms. The highest BCUT2D eigenvalue weighted by molar-refractivity contribution is 7.47. The van der Waals surface area contributed by atoms with Crippen molar-refractivity contribution in [2.24, 2.45) is 0 Å². The molecule has 0 aliphatic rings. The lowest BCUT2D eigenvalue weighted by Crippen LogP contribution is -2.43. The summed E-state index contributed by atoms with van der Waals surface area (Å²) in [5, 5.41) is 21.8. The second kappa shape index (κ2) is 40.0. The number of carboxylic acid groups (broad SMARTS) is 1. The zero-order chi connectivity index (χ0) is 42.1. The van der Waals surface area contributed by atoms with Crippen LogP contribution < -0.4 is 5.32 Å². The van der Waals surface area contributed by atoms with E-state index in [1.54, 1.807) is 0 Å². The maximum Gasteiger partial charge on any atom is 0.472 e. The number of carbonyl (C=O) groups excluding carboxylic acids is 2. The van der Waals surface area contributed by atoms with Gasteiger partial charge in [0.15, 0.2) is 6.04 Å². The van der Waals surface area contributed by atoms with Crippen molar-refractivity contribution in [1.29, 1.82) is 0 Å². The van der Waals surface area contributed by atoms with Crippen LogP contribution in [0.15, 0.2) is 60.8 Å². The quantitative estimate of drug-likeness (QED) is 0.0202. The number of esters is 1. The van der Waals surface area contributed by atoms with Crippen molar-refractivity contribution in [3.05, 3.63) is 60.8 Å².